The van der Waals surface area contributed by atoms with E-state index < -0.39 is 189 Å². The smallest absolute Gasteiger partial charge is 0.338 e. The van der Waals surface area contributed by atoms with Gasteiger partial charge in [-0.05, 0) is 42.7 Å². The van der Waals surface area contributed by atoms with Gasteiger partial charge in [-0.2, -0.15) is 0 Å². The maximum absolute atomic E-state index is 15.6. The topological polar surface area (TPSA) is 347 Å². The van der Waals surface area contributed by atoms with Crippen LogP contribution < -0.4 is 5.32 Å². The van der Waals surface area contributed by atoms with Gasteiger partial charge in [0.25, 0.3) is 0 Å². The summed E-state index contributed by atoms with van der Waals surface area (Å²) >= 11 is 0. The summed E-state index contributed by atoms with van der Waals surface area (Å²) in [5.74, 6) is -8.51. The Morgan fingerprint density at radius 3 is 1.89 bits per heavy atom. The van der Waals surface area contributed by atoms with Crippen LogP contribution in [0.5, 0.6) is 0 Å². The Balaban J connectivity index is 1.35. The van der Waals surface area contributed by atoms with E-state index in [0.29, 0.717) is 0 Å². The number of ether oxygens (including phenoxy) is 8. The van der Waals surface area contributed by atoms with E-state index in [1.807, 2.05) is 0 Å². The molecule has 2 aromatic rings. The number of hydrogen-bond acceptors (Lipinski definition) is 22. The van der Waals surface area contributed by atoms with Crippen LogP contribution in [0.15, 0.2) is 71.8 Å². The van der Waals surface area contributed by atoms with Gasteiger partial charge in [-0.25, -0.2) is 9.59 Å². The fourth-order valence-electron chi connectivity index (χ4n) is 11.0. The molecular formula is C53H69NO22. The van der Waals surface area contributed by atoms with Gasteiger partial charge in [0, 0.05) is 38.5 Å². The zero-order valence-electron chi connectivity index (χ0n) is 43.2. The van der Waals surface area contributed by atoms with Crippen LogP contribution in [-0.4, -0.2) is 190 Å². The summed E-state index contributed by atoms with van der Waals surface area (Å²) < 4.78 is 46.4. The molecule has 418 valence electrons. The first-order valence-electron chi connectivity index (χ1n) is 24.9. The van der Waals surface area contributed by atoms with Gasteiger partial charge < -0.3 is 79.0 Å². The zero-order chi connectivity index (χ0) is 55.9. The van der Waals surface area contributed by atoms with E-state index in [-0.39, 0.29) is 35.3 Å². The Hall–Kier alpha value is -5.73. The molecule has 3 fully saturated rings. The van der Waals surface area contributed by atoms with Crippen LogP contribution in [0.2, 0.25) is 0 Å². The molecule has 11 atom stereocenters. The Morgan fingerprint density at radius 1 is 0.789 bits per heavy atom. The lowest BCUT2D eigenvalue weighted by atomic mass is 9.44. The molecular weight excluding hydrogens is 1000 g/mol. The van der Waals surface area contributed by atoms with Crippen molar-refractivity contribution in [1.82, 2.24) is 5.32 Å². The van der Waals surface area contributed by atoms with Gasteiger partial charge in [-0.3, -0.25) is 24.0 Å². The number of aliphatic hydroxyl groups excluding tert-OH is 6. The van der Waals surface area contributed by atoms with Crippen molar-refractivity contribution in [1.29, 1.82) is 0 Å². The number of fused-ring (bicyclic) bond motifs is 5. The molecule has 6 rings (SSSR count). The second-order valence-electron chi connectivity index (χ2n) is 20.3. The Bertz CT molecular complexity index is 2430. The maximum Gasteiger partial charge on any atom is 0.338 e. The van der Waals surface area contributed by atoms with Crippen LogP contribution in [0.25, 0.3) is 0 Å². The maximum atomic E-state index is 15.6. The van der Waals surface area contributed by atoms with Crippen molar-refractivity contribution in [3.8, 4) is 0 Å². The third-order valence-electron chi connectivity index (χ3n) is 15.2. The minimum Gasteiger partial charge on any atom is -0.457 e. The SMILES string of the molecule is CC(=O)O[C@H]1C(=O)[C@@]2(C)[C@H]([C@H](OC(=O)c3ccccc3)[C@]3(O)C[C@H](OC(=O)[C@H](O)[C@@H](NC(=O)CCC(=O)OC(COC(CO)CO)COC(CO)CO)c4ccccc4)C(C)=C1C3(C)C)[C@]1(OC(C)=O)CO[C@@H]1C[C@@H]2O. The fourth-order valence-corrected chi connectivity index (χ4v) is 11.0. The number of esters is 5. The van der Waals surface area contributed by atoms with Crippen LogP contribution in [0, 0.1) is 16.7 Å². The van der Waals surface area contributed by atoms with Gasteiger partial charge in [0.05, 0.1) is 81.7 Å². The van der Waals surface area contributed by atoms with Gasteiger partial charge in [0.1, 0.15) is 42.2 Å². The lowest BCUT2D eigenvalue weighted by Gasteiger charge is -2.67. The number of nitrogens with one attached hydrogen (secondary N) is 1. The number of Topliss-reactive ketones (excluding diaryl/α,β-unsaturated/α-hetero) is 1. The Labute approximate surface area is 438 Å². The molecule has 4 aliphatic rings. The lowest BCUT2D eigenvalue weighted by Crippen LogP contribution is -2.82. The van der Waals surface area contributed by atoms with E-state index in [1.165, 1.54) is 52.0 Å². The number of benzene rings is 2. The number of rotatable bonds is 23. The van der Waals surface area contributed by atoms with Crippen molar-refractivity contribution in [2.45, 2.75) is 139 Å². The van der Waals surface area contributed by atoms with E-state index in [0.717, 1.165) is 13.8 Å². The fraction of sp³-hybridized carbons (Fsp3) is 0.604. The average Bonchev–Trinajstić information content (AvgIpc) is 3.38. The van der Waals surface area contributed by atoms with E-state index in [4.69, 9.17) is 37.9 Å². The van der Waals surface area contributed by atoms with Crippen molar-refractivity contribution < 1.29 is 107 Å². The summed E-state index contributed by atoms with van der Waals surface area (Å²) in [4.78, 5) is 97.3. The molecule has 0 aromatic heterocycles. The summed E-state index contributed by atoms with van der Waals surface area (Å²) in [7, 11) is 0. The first kappa shape index (κ1) is 59.5. The molecule has 1 aliphatic heterocycles. The molecule has 0 spiro atoms. The molecule has 1 saturated heterocycles. The standard InChI is InChI=1S/C53H69NO22/c1-28-36(74-49(67)43(64)42(31-13-9-7-10-14-31)54-39(62)17-18-40(63)73-35(25-69-33(21-55)22-56)26-70-34(23-57)24-58)20-53(68)47(75-48(66)32-15-11-8-12-16-32)45-51(6,37(61)19-38-52(45,27-71-38)76-30(3)60)46(65)44(72-29(2)59)41(28)50(53,4)5/h7-16,33-38,42-45,47,55-58,61,64,68H,17-27H2,1-6H3,(H,54,62)/t36-,37-,38+,42-,43+,44+,45-,47-,51+,52-,53+/m0/s1. The minimum absolute atomic E-state index is 0.0154. The van der Waals surface area contributed by atoms with Crippen LogP contribution in [0.4, 0.5) is 0 Å². The van der Waals surface area contributed by atoms with Crippen molar-refractivity contribution in [2.24, 2.45) is 16.7 Å². The molecule has 1 heterocycles. The molecule has 0 unspecified atom stereocenters. The molecule has 0 radical (unpaired) electrons. The van der Waals surface area contributed by atoms with Gasteiger partial charge in [0.15, 0.2) is 23.6 Å². The predicted octanol–water partition coefficient (Wildman–Crippen LogP) is -0.146. The average molecular weight is 1070 g/mol. The van der Waals surface area contributed by atoms with Gasteiger partial charge >= 0.3 is 29.8 Å². The highest BCUT2D eigenvalue weighted by Crippen LogP contribution is 2.64. The van der Waals surface area contributed by atoms with E-state index >= 15 is 4.79 Å². The van der Waals surface area contributed by atoms with Crippen LogP contribution in [0.3, 0.4) is 0 Å². The van der Waals surface area contributed by atoms with Crippen molar-refractivity contribution in [3.05, 3.63) is 82.9 Å². The largest absolute Gasteiger partial charge is 0.457 e. The first-order valence-corrected chi connectivity index (χ1v) is 24.9. The van der Waals surface area contributed by atoms with Crippen molar-refractivity contribution in [2.75, 3.05) is 46.2 Å². The first-order chi connectivity index (χ1) is 35.9. The lowest BCUT2D eigenvalue weighted by molar-refractivity contribution is -0.346. The van der Waals surface area contributed by atoms with Crippen LogP contribution in [-0.2, 0) is 66.7 Å². The highest BCUT2D eigenvalue weighted by atomic mass is 16.6. The number of carbonyl (C=O) groups excluding carboxylic acids is 7. The number of carbonyl (C=O) groups is 7. The van der Waals surface area contributed by atoms with Crippen LogP contribution in [0.1, 0.15) is 89.2 Å². The highest BCUT2D eigenvalue weighted by Gasteiger charge is 2.78. The van der Waals surface area contributed by atoms with Crippen LogP contribution >= 0.6 is 0 Å². The Morgan fingerprint density at radius 2 is 1.37 bits per heavy atom. The molecule has 2 bridgehead atoms. The third kappa shape index (κ3) is 12.0. The van der Waals surface area contributed by atoms with E-state index in [2.05, 4.69) is 5.32 Å². The second-order valence-corrected chi connectivity index (χ2v) is 20.3. The molecule has 23 heteroatoms. The summed E-state index contributed by atoms with van der Waals surface area (Å²) in [5, 5.41) is 78.0. The zero-order valence-corrected chi connectivity index (χ0v) is 43.2. The molecule has 23 nitrogen and oxygen atoms in total. The molecule has 3 aliphatic carbocycles. The number of ketones is 1. The quantitative estimate of drug-likeness (QED) is 0.0408. The summed E-state index contributed by atoms with van der Waals surface area (Å²) in [5.41, 5.74) is -8.01. The van der Waals surface area contributed by atoms with E-state index in [9.17, 15) is 64.5 Å². The van der Waals surface area contributed by atoms with Gasteiger partial charge in [0.2, 0.25) is 5.91 Å². The number of amides is 1. The monoisotopic (exact) mass is 1070 g/mol. The summed E-state index contributed by atoms with van der Waals surface area (Å²) in [6.45, 7) is 4.56. The number of hydrogen-bond donors (Lipinski definition) is 8. The Kier molecular flexibility index (Phi) is 19.4. The molecule has 2 aromatic carbocycles. The predicted molar refractivity (Wildman–Crippen MR) is 259 cm³/mol. The van der Waals surface area contributed by atoms with Crippen molar-refractivity contribution >= 4 is 41.5 Å². The summed E-state index contributed by atoms with van der Waals surface area (Å²) in [6.07, 6.45) is -15.7. The summed E-state index contributed by atoms with van der Waals surface area (Å²) in [6, 6.07) is 13.8. The molecule has 2 saturated carbocycles. The van der Waals surface area contributed by atoms with Gasteiger partial charge in [-0.15, -0.1) is 0 Å². The van der Waals surface area contributed by atoms with E-state index in [1.54, 1.807) is 36.4 Å². The molecule has 1 amide bonds. The normalized spacial score (nSPS) is 28.4. The van der Waals surface area contributed by atoms with Gasteiger partial charge in [-0.1, -0.05) is 62.4 Å². The molecule has 8 N–H and O–H groups in total. The minimum atomic E-state index is -2.49. The highest BCUT2D eigenvalue weighted by molar-refractivity contribution is 5.95. The second kappa shape index (κ2) is 24.7. The number of aliphatic hydroxyl groups is 7. The van der Waals surface area contributed by atoms with Crippen molar-refractivity contribution in [3.63, 3.8) is 0 Å². The molecule has 76 heavy (non-hydrogen) atoms. The third-order valence-corrected chi connectivity index (χ3v) is 15.2.